The van der Waals surface area contributed by atoms with Gasteiger partial charge in [0, 0.05) is 11.6 Å². The van der Waals surface area contributed by atoms with Crippen LogP contribution in [0.4, 0.5) is 4.39 Å². The van der Waals surface area contributed by atoms with Crippen molar-refractivity contribution in [2.24, 2.45) is 0 Å². The number of halogens is 1. The van der Waals surface area contributed by atoms with E-state index in [1.165, 1.54) is 31.6 Å². The van der Waals surface area contributed by atoms with Crippen molar-refractivity contribution < 1.29 is 22.5 Å². The van der Waals surface area contributed by atoms with Gasteiger partial charge in [0.05, 0.1) is 22.8 Å². The molecule has 96 valence electrons. The number of carbonyl (C=O) groups excluding carboxylic acids is 1. The molecule has 0 fully saturated rings. The lowest BCUT2D eigenvalue weighted by molar-refractivity contribution is -0.140. The molecule has 0 aliphatic heterocycles. The third-order valence-electron chi connectivity index (χ3n) is 2.49. The van der Waals surface area contributed by atoms with Crippen LogP contribution in [0.3, 0.4) is 0 Å². The number of furan rings is 1. The Balaban J connectivity index is 2.62. The van der Waals surface area contributed by atoms with Gasteiger partial charge in [-0.3, -0.25) is 9.00 Å². The van der Waals surface area contributed by atoms with Crippen molar-refractivity contribution in [3.8, 4) is 0 Å². The Bertz CT molecular complexity index is 632. The number of esters is 1. The fraction of sp³-hybridized carbons (Fsp3) is 0.250. The summed E-state index contributed by atoms with van der Waals surface area (Å²) < 4.78 is 34.8. The van der Waals surface area contributed by atoms with Crippen molar-refractivity contribution in [3.63, 3.8) is 0 Å². The standard InChI is InChI=1S/C12H11FO4S/c1-16-11(14)6-10-12(18(2)15)8-5-7(13)3-4-9(8)17-10/h3-5H,6H2,1-2H3/t18-/m0/s1. The highest BCUT2D eigenvalue weighted by Gasteiger charge is 2.20. The first kappa shape index (κ1) is 12.8. The van der Waals surface area contributed by atoms with Gasteiger partial charge in [-0.25, -0.2) is 4.39 Å². The number of hydrogen-bond donors (Lipinski definition) is 0. The molecule has 6 heteroatoms. The molecule has 0 unspecified atom stereocenters. The molecule has 0 N–H and O–H groups in total. The molecule has 1 heterocycles. The van der Waals surface area contributed by atoms with E-state index in [9.17, 15) is 13.4 Å². The van der Waals surface area contributed by atoms with Crippen LogP contribution in [-0.2, 0) is 26.8 Å². The first-order valence-electron chi connectivity index (χ1n) is 5.14. The van der Waals surface area contributed by atoms with E-state index in [0.29, 0.717) is 15.9 Å². The van der Waals surface area contributed by atoms with Crippen LogP contribution >= 0.6 is 0 Å². The van der Waals surface area contributed by atoms with E-state index in [1.807, 2.05) is 0 Å². The van der Waals surface area contributed by atoms with Crippen LogP contribution in [0.2, 0.25) is 0 Å². The molecule has 4 nitrogen and oxygen atoms in total. The van der Waals surface area contributed by atoms with Gasteiger partial charge in [-0.2, -0.15) is 0 Å². The summed E-state index contributed by atoms with van der Waals surface area (Å²) in [6.45, 7) is 0. The molecule has 1 aromatic heterocycles. The van der Waals surface area contributed by atoms with E-state index in [-0.39, 0.29) is 12.2 Å². The van der Waals surface area contributed by atoms with Crippen molar-refractivity contribution in [2.45, 2.75) is 11.3 Å². The van der Waals surface area contributed by atoms with E-state index in [4.69, 9.17) is 4.42 Å². The second kappa shape index (κ2) is 4.89. The minimum absolute atomic E-state index is 0.123. The number of methoxy groups -OCH3 is 1. The second-order valence-corrected chi connectivity index (χ2v) is 5.02. The summed E-state index contributed by atoms with van der Waals surface area (Å²) in [5.74, 6) is -0.691. The highest BCUT2D eigenvalue weighted by atomic mass is 32.2. The van der Waals surface area contributed by atoms with Gasteiger partial charge in [0.1, 0.15) is 23.6 Å². The minimum atomic E-state index is -1.38. The maximum Gasteiger partial charge on any atom is 0.313 e. The van der Waals surface area contributed by atoms with E-state index in [0.717, 1.165) is 0 Å². The topological polar surface area (TPSA) is 56.5 Å². The number of rotatable bonds is 3. The smallest absolute Gasteiger partial charge is 0.313 e. The Kier molecular flexibility index (Phi) is 3.47. The molecule has 18 heavy (non-hydrogen) atoms. The number of hydrogen-bond acceptors (Lipinski definition) is 4. The number of carbonyl (C=O) groups is 1. The summed E-state index contributed by atoms with van der Waals surface area (Å²) in [4.78, 5) is 11.6. The summed E-state index contributed by atoms with van der Waals surface area (Å²) in [5, 5.41) is 0.426. The molecular weight excluding hydrogens is 259 g/mol. The Labute approximate surface area is 105 Å². The normalized spacial score (nSPS) is 12.6. The van der Waals surface area contributed by atoms with E-state index in [1.54, 1.807) is 0 Å². The van der Waals surface area contributed by atoms with Crippen LogP contribution in [0.15, 0.2) is 27.5 Å². The maximum atomic E-state index is 13.2. The molecule has 0 aliphatic rings. The monoisotopic (exact) mass is 270 g/mol. The highest BCUT2D eigenvalue weighted by molar-refractivity contribution is 7.84. The van der Waals surface area contributed by atoms with Gasteiger partial charge in [-0.15, -0.1) is 0 Å². The molecule has 0 radical (unpaired) electrons. The summed E-state index contributed by atoms with van der Waals surface area (Å²) in [6.07, 6.45) is 1.33. The third-order valence-corrected chi connectivity index (χ3v) is 3.52. The molecule has 2 aromatic rings. The molecule has 1 aromatic carbocycles. The highest BCUT2D eigenvalue weighted by Crippen LogP contribution is 2.29. The summed E-state index contributed by atoms with van der Waals surface area (Å²) in [7, 11) is -0.122. The minimum Gasteiger partial charge on any atom is -0.469 e. The number of fused-ring (bicyclic) bond motifs is 1. The van der Waals surface area contributed by atoms with Crippen molar-refractivity contribution in [3.05, 3.63) is 29.8 Å². The van der Waals surface area contributed by atoms with Crippen molar-refractivity contribution in [1.82, 2.24) is 0 Å². The molecule has 2 rings (SSSR count). The quantitative estimate of drug-likeness (QED) is 0.801. The van der Waals surface area contributed by atoms with Crippen molar-refractivity contribution in [1.29, 1.82) is 0 Å². The largest absolute Gasteiger partial charge is 0.469 e. The Hall–Kier alpha value is -1.69. The molecule has 0 saturated heterocycles. The molecule has 0 amide bonds. The second-order valence-electron chi connectivity index (χ2n) is 3.70. The van der Waals surface area contributed by atoms with Crippen LogP contribution in [0.25, 0.3) is 11.0 Å². The summed E-state index contributed by atoms with van der Waals surface area (Å²) in [5.41, 5.74) is 0.403. The number of benzene rings is 1. The zero-order valence-corrected chi connectivity index (χ0v) is 10.7. The van der Waals surface area contributed by atoms with E-state index >= 15 is 0 Å². The van der Waals surface area contributed by atoms with Gasteiger partial charge in [0.25, 0.3) is 0 Å². The first-order valence-corrected chi connectivity index (χ1v) is 6.70. The van der Waals surface area contributed by atoms with Gasteiger partial charge >= 0.3 is 5.97 Å². The molecule has 1 atom stereocenters. The van der Waals surface area contributed by atoms with Crippen LogP contribution in [0.1, 0.15) is 5.76 Å². The van der Waals surface area contributed by atoms with E-state index < -0.39 is 22.6 Å². The van der Waals surface area contributed by atoms with Gasteiger partial charge < -0.3 is 9.15 Å². The van der Waals surface area contributed by atoms with Crippen molar-refractivity contribution in [2.75, 3.05) is 13.4 Å². The Morgan fingerprint density at radius 1 is 1.50 bits per heavy atom. The van der Waals surface area contributed by atoms with Crippen LogP contribution in [-0.4, -0.2) is 23.5 Å². The van der Waals surface area contributed by atoms with Crippen LogP contribution < -0.4 is 0 Å². The van der Waals surface area contributed by atoms with Crippen LogP contribution in [0, 0.1) is 5.82 Å². The molecule has 0 aliphatic carbocycles. The Morgan fingerprint density at radius 3 is 2.83 bits per heavy atom. The average molecular weight is 270 g/mol. The third kappa shape index (κ3) is 2.28. The fourth-order valence-electron chi connectivity index (χ4n) is 1.73. The Morgan fingerprint density at radius 2 is 2.22 bits per heavy atom. The predicted molar refractivity (Wildman–Crippen MR) is 64.2 cm³/mol. The maximum absolute atomic E-state index is 13.2. The average Bonchev–Trinajstić information content (AvgIpc) is 2.65. The lowest BCUT2D eigenvalue weighted by atomic mass is 10.2. The lowest BCUT2D eigenvalue weighted by Crippen LogP contribution is -2.05. The zero-order valence-electron chi connectivity index (χ0n) is 9.86. The SMILES string of the molecule is COC(=O)Cc1oc2ccc(F)cc2c1[S@](C)=O. The van der Waals surface area contributed by atoms with Gasteiger partial charge in [0.15, 0.2) is 0 Å². The van der Waals surface area contributed by atoms with Gasteiger partial charge in [-0.1, -0.05) is 0 Å². The van der Waals surface area contributed by atoms with E-state index in [2.05, 4.69) is 4.74 Å². The van der Waals surface area contributed by atoms with Gasteiger partial charge in [-0.05, 0) is 18.2 Å². The van der Waals surface area contributed by atoms with Crippen molar-refractivity contribution >= 4 is 27.7 Å². The number of ether oxygens (including phenoxy) is 1. The summed E-state index contributed by atoms with van der Waals surface area (Å²) in [6, 6.07) is 3.94. The molecule has 0 saturated carbocycles. The fourth-order valence-corrected chi connectivity index (χ4v) is 2.64. The molecule has 0 bridgehead atoms. The molecular formula is C12H11FO4S. The summed E-state index contributed by atoms with van der Waals surface area (Å²) >= 11 is 0. The predicted octanol–water partition coefficient (Wildman–Crippen LogP) is 2.02. The molecule has 0 spiro atoms. The lowest BCUT2D eigenvalue weighted by Gasteiger charge is -1.98. The van der Waals surface area contributed by atoms with Gasteiger partial charge in [0.2, 0.25) is 0 Å². The van der Waals surface area contributed by atoms with Crippen LogP contribution in [0.5, 0.6) is 0 Å². The zero-order chi connectivity index (χ0) is 13.3. The first-order chi connectivity index (χ1) is 8.52.